The number of aromatic nitrogens is 3. The molecule has 29 heavy (non-hydrogen) atoms. The van der Waals surface area contributed by atoms with E-state index in [-0.39, 0.29) is 30.4 Å². The van der Waals surface area contributed by atoms with Crippen LogP contribution in [0.4, 0.5) is 0 Å². The Morgan fingerprint density at radius 2 is 1.97 bits per heavy atom. The summed E-state index contributed by atoms with van der Waals surface area (Å²) in [5.41, 5.74) is 2.59. The maximum atomic E-state index is 13.5. The van der Waals surface area contributed by atoms with Crippen molar-refractivity contribution in [3.63, 3.8) is 0 Å². The van der Waals surface area contributed by atoms with Crippen LogP contribution < -0.4 is 5.32 Å². The third-order valence-electron chi connectivity index (χ3n) is 6.24. The molecule has 1 N–H and O–H groups in total. The van der Waals surface area contributed by atoms with Gasteiger partial charge in [0.15, 0.2) is 5.82 Å². The fourth-order valence-corrected chi connectivity index (χ4v) is 4.57. The maximum Gasteiger partial charge on any atom is 0.240 e. The van der Waals surface area contributed by atoms with Crippen molar-refractivity contribution in [2.75, 3.05) is 6.54 Å². The third kappa shape index (κ3) is 3.92. The van der Waals surface area contributed by atoms with Gasteiger partial charge in [0.1, 0.15) is 5.82 Å². The largest absolute Gasteiger partial charge is 0.329 e. The van der Waals surface area contributed by atoms with Gasteiger partial charge in [0.05, 0.1) is 18.6 Å². The molecule has 0 saturated heterocycles. The molecule has 2 atom stereocenters. The van der Waals surface area contributed by atoms with Gasteiger partial charge in [0, 0.05) is 19.0 Å². The Morgan fingerprint density at radius 1 is 1.21 bits per heavy atom. The van der Waals surface area contributed by atoms with Crippen LogP contribution in [-0.4, -0.2) is 38.2 Å². The molecule has 1 aromatic carbocycles. The summed E-state index contributed by atoms with van der Waals surface area (Å²) in [4.78, 5) is 20.5. The summed E-state index contributed by atoms with van der Waals surface area (Å²) in [6.07, 6.45) is 4.09. The van der Waals surface area contributed by atoms with Gasteiger partial charge in [-0.25, -0.2) is 9.67 Å². The minimum absolute atomic E-state index is 0. The highest BCUT2D eigenvalue weighted by atomic mass is 35.5. The number of hydrogen-bond acceptors (Lipinski definition) is 4. The summed E-state index contributed by atoms with van der Waals surface area (Å²) in [7, 11) is 0. The van der Waals surface area contributed by atoms with Crippen molar-refractivity contribution < 1.29 is 4.79 Å². The molecule has 3 aliphatic rings. The second-order valence-electron chi connectivity index (χ2n) is 8.91. The fraction of sp³-hybridized carbons (Fsp3) is 0.591. The molecule has 5 rings (SSSR count). The quantitative estimate of drug-likeness (QED) is 0.832. The van der Waals surface area contributed by atoms with Crippen LogP contribution in [0.15, 0.2) is 24.3 Å². The van der Waals surface area contributed by atoms with Gasteiger partial charge in [0.25, 0.3) is 0 Å². The van der Waals surface area contributed by atoms with E-state index < -0.39 is 0 Å². The predicted molar refractivity (Wildman–Crippen MR) is 114 cm³/mol. The zero-order valence-electron chi connectivity index (χ0n) is 17.2. The van der Waals surface area contributed by atoms with Gasteiger partial charge < -0.3 is 10.2 Å². The average molecular weight is 416 g/mol. The number of amides is 1. The van der Waals surface area contributed by atoms with Crippen LogP contribution >= 0.6 is 12.4 Å². The van der Waals surface area contributed by atoms with E-state index in [0.29, 0.717) is 11.8 Å². The van der Waals surface area contributed by atoms with Crippen LogP contribution in [0, 0.1) is 5.92 Å². The molecule has 0 radical (unpaired) electrons. The summed E-state index contributed by atoms with van der Waals surface area (Å²) >= 11 is 0. The fourth-order valence-electron chi connectivity index (χ4n) is 4.57. The van der Waals surface area contributed by atoms with Gasteiger partial charge in [-0.3, -0.25) is 4.79 Å². The smallest absolute Gasteiger partial charge is 0.240 e. The number of halogens is 1. The molecular formula is C22H30ClN5O. The van der Waals surface area contributed by atoms with Crippen molar-refractivity contribution in [2.24, 2.45) is 5.92 Å². The Hall–Kier alpha value is -1.92. The Kier molecular flexibility index (Phi) is 5.67. The molecule has 7 heteroatoms. The molecule has 0 spiro atoms. The molecule has 0 unspecified atom stereocenters. The number of nitrogens with one attached hydrogen (secondary N) is 1. The summed E-state index contributed by atoms with van der Waals surface area (Å²) in [6.45, 7) is 6.66. The minimum atomic E-state index is -0.151. The third-order valence-corrected chi connectivity index (χ3v) is 6.24. The van der Waals surface area contributed by atoms with Gasteiger partial charge in [-0.1, -0.05) is 38.1 Å². The van der Waals surface area contributed by atoms with Crippen LogP contribution in [0.5, 0.6) is 0 Å². The second kappa shape index (κ2) is 8.07. The Morgan fingerprint density at radius 3 is 2.69 bits per heavy atom. The number of carbonyl (C=O) groups excluding carboxylic acids is 1. The first kappa shape index (κ1) is 20.4. The number of rotatable bonds is 4. The lowest BCUT2D eigenvalue weighted by atomic mass is 9.93. The van der Waals surface area contributed by atoms with Crippen molar-refractivity contribution in [3.8, 4) is 0 Å². The minimum Gasteiger partial charge on any atom is -0.329 e. The molecular weight excluding hydrogens is 386 g/mol. The summed E-state index contributed by atoms with van der Waals surface area (Å²) in [5.74, 6) is 3.22. The molecule has 1 aliphatic carbocycles. The summed E-state index contributed by atoms with van der Waals surface area (Å²) < 4.78 is 2.06. The highest BCUT2D eigenvalue weighted by Gasteiger charge is 2.39. The predicted octanol–water partition coefficient (Wildman–Crippen LogP) is 3.22. The first-order valence-corrected chi connectivity index (χ1v) is 10.7. The Labute approximate surface area is 178 Å². The monoisotopic (exact) mass is 415 g/mol. The Bertz CT molecular complexity index is 891. The highest BCUT2D eigenvalue weighted by Crippen LogP contribution is 2.40. The number of benzene rings is 1. The van der Waals surface area contributed by atoms with Crippen molar-refractivity contribution >= 4 is 18.3 Å². The van der Waals surface area contributed by atoms with Crippen LogP contribution in [0.2, 0.25) is 0 Å². The van der Waals surface area contributed by atoms with Crippen molar-refractivity contribution in [3.05, 3.63) is 47.0 Å². The van der Waals surface area contributed by atoms with Gasteiger partial charge in [-0.2, -0.15) is 5.10 Å². The van der Waals surface area contributed by atoms with Crippen LogP contribution in [-0.2, 0) is 24.3 Å². The van der Waals surface area contributed by atoms with E-state index in [1.54, 1.807) is 0 Å². The van der Waals surface area contributed by atoms with E-state index in [0.717, 1.165) is 44.1 Å². The Balaban J connectivity index is 0.00000205. The summed E-state index contributed by atoms with van der Waals surface area (Å²) in [6, 6.07) is 8.30. The molecule has 1 fully saturated rings. The first-order valence-electron chi connectivity index (χ1n) is 10.7. The number of fused-ring (bicyclic) bond motifs is 2. The zero-order valence-corrected chi connectivity index (χ0v) is 18.0. The molecule has 2 aromatic rings. The van der Waals surface area contributed by atoms with Crippen molar-refractivity contribution in [2.45, 2.75) is 70.6 Å². The zero-order chi connectivity index (χ0) is 19.3. The highest BCUT2D eigenvalue weighted by molar-refractivity contribution is 5.85. The lowest BCUT2D eigenvalue weighted by Crippen LogP contribution is -2.53. The molecule has 1 aromatic heterocycles. The van der Waals surface area contributed by atoms with Crippen LogP contribution in [0.3, 0.4) is 0 Å². The standard InChI is InChI=1S/C22H29N5O.ClH/c1-14(2)11-19-21-24-20(15-7-8-15)25-27(21)10-9-26(19)22(28)18-12-16-5-3-4-6-17(16)13-23-18;/h3-6,14-15,18-19,23H,7-13H2,1-2H3;1H/t18-,19+;/m1./s1. The van der Waals surface area contributed by atoms with Crippen molar-refractivity contribution in [1.29, 1.82) is 0 Å². The first-order chi connectivity index (χ1) is 13.6. The lowest BCUT2D eigenvalue weighted by Gasteiger charge is -2.39. The van der Waals surface area contributed by atoms with E-state index in [1.165, 1.54) is 24.0 Å². The number of carbonyl (C=O) groups is 1. The van der Waals surface area contributed by atoms with E-state index in [2.05, 4.69) is 53.0 Å². The maximum absolute atomic E-state index is 13.5. The lowest BCUT2D eigenvalue weighted by molar-refractivity contribution is -0.138. The normalized spacial score (nSPS) is 23.3. The van der Waals surface area contributed by atoms with E-state index in [9.17, 15) is 4.79 Å². The molecule has 1 saturated carbocycles. The van der Waals surface area contributed by atoms with Gasteiger partial charge >= 0.3 is 0 Å². The van der Waals surface area contributed by atoms with E-state index in [4.69, 9.17) is 10.1 Å². The topological polar surface area (TPSA) is 63.1 Å². The average Bonchev–Trinajstić information content (AvgIpc) is 3.46. The van der Waals surface area contributed by atoms with Gasteiger partial charge in [0.2, 0.25) is 5.91 Å². The van der Waals surface area contributed by atoms with Crippen molar-refractivity contribution in [1.82, 2.24) is 25.0 Å². The SMILES string of the molecule is CC(C)C[C@H]1c2nc(C3CC3)nn2CCN1C(=O)[C@H]1Cc2ccccc2CN1.Cl. The van der Waals surface area contributed by atoms with Gasteiger partial charge in [-0.15, -0.1) is 12.4 Å². The molecule has 156 valence electrons. The van der Waals surface area contributed by atoms with Crippen LogP contribution in [0.1, 0.15) is 67.8 Å². The van der Waals surface area contributed by atoms with E-state index in [1.807, 2.05) is 0 Å². The molecule has 0 bridgehead atoms. The van der Waals surface area contributed by atoms with Gasteiger partial charge in [-0.05, 0) is 42.7 Å². The molecule has 1 amide bonds. The number of nitrogens with zero attached hydrogens (tertiary/aromatic N) is 4. The second-order valence-corrected chi connectivity index (χ2v) is 8.91. The summed E-state index contributed by atoms with van der Waals surface area (Å²) in [5, 5.41) is 8.23. The van der Waals surface area contributed by atoms with Crippen LogP contribution in [0.25, 0.3) is 0 Å². The van der Waals surface area contributed by atoms with E-state index >= 15 is 0 Å². The molecule has 2 aliphatic heterocycles. The molecule has 3 heterocycles. The number of hydrogen-bond donors (Lipinski definition) is 1. The molecule has 6 nitrogen and oxygen atoms in total.